The van der Waals surface area contributed by atoms with Crippen LogP contribution in [0, 0.1) is 0 Å². The lowest BCUT2D eigenvalue weighted by Gasteiger charge is -2.14. The van der Waals surface area contributed by atoms with Crippen LogP contribution >= 0.6 is 0 Å². The van der Waals surface area contributed by atoms with Gasteiger partial charge in [0.1, 0.15) is 0 Å². The first kappa shape index (κ1) is 30.9. The number of ether oxygens (including phenoxy) is 3. The van der Waals surface area contributed by atoms with Gasteiger partial charge < -0.3 is 14.2 Å². The highest BCUT2D eigenvalue weighted by Crippen LogP contribution is 2.12. The molecule has 1 atom stereocenters. The van der Waals surface area contributed by atoms with Gasteiger partial charge in [-0.3, -0.25) is 4.79 Å². The maximum atomic E-state index is 12.1. The molecule has 0 fully saturated rings. The third kappa shape index (κ3) is 22.1. The van der Waals surface area contributed by atoms with Crippen LogP contribution < -0.4 is 0 Å². The van der Waals surface area contributed by atoms with Crippen molar-refractivity contribution in [2.24, 2.45) is 0 Å². The number of esters is 1. The van der Waals surface area contributed by atoms with Crippen LogP contribution in [0.15, 0.2) is 0 Å². The van der Waals surface area contributed by atoms with E-state index < -0.39 is 12.1 Å². The highest BCUT2D eigenvalue weighted by Gasteiger charge is 2.20. The van der Waals surface area contributed by atoms with Crippen LogP contribution in [0.1, 0.15) is 136 Å². The Labute approximate surface area is 198 Å². The Morgan fingerprint density at radius 2 is 1.09 bits per heavy atom. The smallest absolute Gasteiger partial charge is 0.347 e. The van der Waals surface area contributed by atoms with Crippen molar-refractivity contribution in [1.29, 1.82) is 0 Å². The average molecular weight is 457 g/mol. The van der Waals surface area contributed by atoms with Gasteiger partial charge in [0.15, 0.2) is 6.10 Å². The summed E-state index contributed by atoms with van der Waals surface area (Å²) in [6.07, 6.45) is 21.8. The molecule has 0 radical (unpaired) electrons. The summed E-state index contributed by atoms with van der Waals surface area (Å²) in [6.45, 7) is 6.50. The van der Waals surface area contributed by atoms with Gasteiger partial charge in [-0.15, -0.1) is 0 Å². The van der Waals surface area contributed by atoms with Crippen molar-refractivity contribution >= 4 is 12.4 Å². The second kappa shape index (κ2) is 26.2. The van der Waals surface area contributed by atoms with E-state index in [1.807, 2.05) is 0 Å². The van der Waals surface area contributed by atoms with Crippen molar-refractivity contribution in [3.63, 3.8) is 0 Å². The zero-order valence-corrected chi connectivity index (χ0v) is 21.3. The zero-order chi connectivity index (χ0) is 23.5. The summed E-state index contributed by atoms with van der Waals surface area (Å²) in [6, 6.07) is 0. The first-order chi connectivity index (χ1) is 15.8. The van der Waals surface area contributed by atoms with E-state index >= 15 is 0 Å². The zero-order valence-electron chi connectivity index (χ0n) is 21.3. The maximum Gasteiger partial charge on any atom is 0.347 e. The Hall–Kier alpha value is -1.10. The molecule has 190 valence electrons. The monoisotopic (exact) mass is 456 g/mol. The molecule has 5 heteroatoms. The largest absolute Gasteiger partial charge is 0.463 e. The molecule has 32 heavy (non-hydrogen) atoms. The first-order valence-corrected chi connectivity index (χ1v) is 13.6. The van der Waals surface area contributed by atoms with Crippen molar-refractivity contribution in [3.8, 4) is 0 Å². The van der Waals surface area contributed by atoms with Crippen molar-refractivity contribution in [2.75, 3.05) is 19.8 Å². The molecule has 0 aliphatic heterocycles. The molecule has 0 aromatic rings. The number of carbonyl (C=O) groups is 2. The van der Waals surface area contributed by atoms with E-state index in [4.69, 9.17) is 14.2 Å². The molecule has 0 aliphatic carbocycles. The van der Waals surface area contributed by atoms with E-state index in [1.165, 1.54) is 89.9 Å². The third-order valence-electron chi connectivity index (χ3n) is 5.87. The van der Waals surface area contributed by atoms with Crippen LogP contribution in [-0.2, 0) is 23.8 Å². The third-order valence-corrected chi connectivity index (χ3v) is 5.87. The van der Waals surface area contributed by atoms with Crippen LogP contribution in [0.3, 0.4) is 0 Å². The Morgan fingerprint density at radius 1 is 0.625 bits per heavy atom. The molecule has 0 spiro atoms. The van der Waals surface area contributed by atoms with Crippen LogP contribution in [-0.4, -0.2) is 38.4 Å². The number of carbonyl (C=O) groups excluding carboxylic acids is 2. The molecule has 0 bridgehead atoms. The van der Waals surface area contributed by atoms with Crippen molar-refractivity contribution in [3.05, 3.63) is 0 Å². The Balaban J connectivity index is 3.51. The molecule has 0 aromatic heterocycles. The van der Waals surface area contributed by atoms with Crippen LogP contribution in [0.4, 0.5) is 0 Å². The summed E-state index contributed by atoms with van der Waals surface area (Å²) in [5.74, 6) is -0.433. The van der Waals surface area contributed by atoms with Crippen LogP contribution in [0.2, 0.25) is 0 Å². The number of hydrogen-bond acceptors (Lipinski definition) is 5. The molecule has 0 rings (SSSR count). The molecule has 0 heterocycles. The lowest BCUT2D eigenvalue weighted by molar-refractivity contribution is -0.162. The van der Waals surface area contributed by atoms with E-state index in [1.54, 1.807) is 0 Å². The normalized spacial score (nSPS) is 11.9. The predicted octanol–water partition coefficient (Wildman–Crippen LogP) is 7.54. The molecule has 0 saturated heterocycles. The van der Waals surface area contributed by atoms with Gasteiger partial charge in [-0.05, 0) is 19.3 Å². The van der Waals surface area contributed by atoms with Gasteiger partial charge in [0.05, 0.1) is 6.61 Å². The van der Waals surface area contributed by atoms with E-state index in [9.17, 15) is 9.59 Å². The highest BCUT2D eigenvalue weighted by atomic mass is 16.6. The maximum absolute atomic E-state index is 12.1. The van der Waals surface area contributed by atoms with Crippen molar-refractivity contribution in [1.82, 2.24) is 0 Å². The fourth-order valence-corrected chi connectivity index (χ4v) is 3.82. The summed E-state index contributed by atoms with van der Waals surface area (Å²) < 4.78 is 15.8. The van der Waals surface area contributed by atoms with Crippen molar-refractivity contribution < 1.29 is 23.8 Å². The Morgan fingerprint density at radius 3 is 1.62 bits per heavy atom. The van der Waals surface area contributed by atoms with Crippen LogP contribution in [0.25, 0.3) is 0 Å². The minimum atomic E-state index is -0.768. The minimum Gasteiger partial charge on any atom is -0.463 e. The number of hydrogen-bond donors (Lipinski definition) is 0. The van der Waals surface area contributed by atoms with Gasteiger partial charge in [-0.2, -0.15) is 0 Å². The predicted molar refractivity (Wildman–Crippen MR) is 132 cm³/mol. The SMILES string of the molecule is CCCCCCCCCCCCOCCCOC(=O)C(CCCCCCCCC)OC=O. The highest BCUT2D eigenvalue weighted by molar-refractivity contribution is 5.75. The molecular weight excluding hydrogens is 404 g/mol. The fraction of sp³-hybridized carbons (Fsp3) is 0.926. The molecule has 5 nitrogen and oxygen atoms in total. The quantitative estimate of drug-likeness (QED) is 0.0764. The van der Waals surface area contributed by atoms with Gasteiger partial charge in [-0.25, -0.2) is 4.79 Å². The summed E-state index contributed by atoms with van der Waals surface area (Å²) in [5, 5.41) is 0. The molecule has 0 saturated carbocycles. The van der Waals surface area contributed by atoms with E-state index in [-0.39, 0.29) is 0 Å². The standard InChI is InChI=1S/C27H52O5/c1-3-5-7-9-11-12-13-15-17-19-22-30-23-20-24-31-27(29)26(32-25-28)21-18-16-14-10-8-6-4-2/h25-26H,3-24H2,1-2H3. The van der Waals surface area contributed by atoms with E-state index in [2.05, 4.69) is 13.8 Å². The lowest BCUT2D eigenvalue weighted by Crippen LogP contribution is -2.27. The minimum absolute atomic E-state index is 0.312. The van der Waals surface area contributed by atoms with Crippen LogP contribution in [0.5, 0.6) is 0 Å². The fourth-order valence-electron chi connectivity index (χ4n) is 3.82. The van der Waals surface area contributed by atoms with Crippen molar-refractivity contribution in [2.45, 2.75) is 142 Å². The topological polar surface area (TPSA) is 61.8 Å². The molecule has 0 aromatic carbocycles. The second-order valence-corrected chi connectivity index (χ2v) is 8.95. The Bertz CT molecular complexity index is 400. The molecular formula is C27H52O5. The summed E-state index contributed by atoms with van der Waals surface area (Å²) in [7, 11) is 0. The molecule has 0 amide bonds. The summed E-state index contributed by atoms with van der Waals surface area (Å²) in [5.41, 5.74) is 0. The van der Waals surface area contributed by atoms with Gasteiger partial charge in [0, 0.05) is 19.6 Å². The van der Waals surface area contributed by atoms with Gasteiger partial charge in [0.25, 0.3) is 6.47 Å². The number of rotatable bonds is 26. The van der Waals surface area contributed by atoms with E-state index in [0.717, 1.165) is 25.9 Å². The summed E-state index contributed by atoms with van der Waals surface area (Å²) in [4.78, 5) is 22.8. The lowest BCUT2D eigenvalue weighted by atomic mass is 10.1. The molecule has 0 aliphatic rings. The second-order valence-electron chi connectivity index (χ2n) is 8.95. The molecule has 0 N–H and O–H groups in total. The Kier molecular flexibility index (Phi) is 25.3. The van der Waals surface area contributed by atoms with Gasteiger partial charge >= 0.3 is 5.97 Å². The summed E-state index contributed by atoms with van der Waals surface area (Å²) >= 11 is 0. The number of unbranched alkanes of at least 4 members (excludes halogenated alkanes) is 15. The van der Waals surface area contributed by atoms with Gasteiger partial charge in [0.2, 0.25) is 0 Å². The average Bonchev–Trinajstić information content (AvgIpc) is 2.80. The molecule has 1 unspecified atom stereocenters. The van der Waals surface area contributed by atoms with E-state index in [0.29, 0.717) is 32.5 Å². The first-order valence-electron chi connectivity index (χ1n) is 13.6. The van der Waals surface area contributed by atoms with Gasteiger partial charge in [-0.1, -0.05) is 110 Å².